The Morgan fingerprint density at radius 1 is 0.889 bits per heavy atom. The Balaban J connectivity index is 0.000000187. The molecule has 6 N–H and O–H groups in total. The van der Waals surface area contributed by atoms with Crippen LogP contribution in [0.25, 0.3) is 11.2 Å². The summed E-state index contributed by atoms with van der Waals surface area (Å²) in [6.07, 6.45) is -2.38. The molecule has 3 atom stereocenters. The van der Waals surface area contributed by atoms with Crippen LogP contribution in [-0.2, 0) is 21.1 Å². The zero-order valence-corrected chi connectivity index (χ0v) is 19.4. The van der Waals surface area contributed by atoms with Crippen molar-refractivity contribution in [2.45, 2.75) is 18.3 Å². The van der Waals surface area contributed by atoms with Gasteiger partial charge < -0.3 is 39.9 Å². The van der Waals surface area contributed by atoms with Crippen molar-refractivity contribution in [2.24, 2.45) is 21.1 Å². The molecule has 13 nitrogen and oxygen atoms in total. The van der Waals surface area contributed by atoms with E-state index >= 15 is 0 Å². The zero-order valence-electron chi connectivity index (χ0n) is 19.4. The topological polar surface area (TPSA) is 192 Å². The molecule has 5 rings (SSSR count). The number of hydrogen-bond acceptors (Lipinski definition) is 10. The summed E-state index contributed by atoms with van der Waals surface area (Å²) in [4.78, 5) is 27.2. The van der Waals surface area contributed by atoms with Gasteiger partial charge in [-0.25, -0.2) is 9.78 Å². The molecule has 2 aromatic carbocycles. The molecule has 0 amide bonds. The number of aryl methyl sites for hydroxylation is 2. The molecule has 0 bridgehead atoms. The number of benzene rings is 2. The lowest BCUT2D eigenvalue weighted by Gasteiger charge is -2.34. The maximum atomic E-state index is 11.7. The number of aliphatic hydroxyl groups is 2. The Morgan fingerprint density at radius 3 is 2.25 bits per heavy atom. The Bertz CT molecular complexity index is 1590. The average Bonchev–Trinajstić information content (AvgIpc) is 3.22. The smallest absolute Gasteiger partial charge is 0.332 e. The molecule has 1 aliphatic rings. The second kappa shape index (κ2) is 8.94. The van der Waals surface area contributed by atoms with Crippen LogP contribution in [0.4, 0.5) is 0 Å². The van der Waals surface area contributed by atoms with Crippen LogP contribution >= 0.6 is 0 Å². The largest absolute Gasteiger partial charge is 0.508 e. The molecular formula is C23H24N4O9. The highest BCUT2D eigenvalue weighted by Gasteiger charge is 2.39. The third-order valence-corrected chi connectivity index (χ3v) is 5.93. The summed E-state index contributed by atoms with van der Waals surface area (Å²) in [7, 11) is 4.77. The lowest BCUT2D eigenvalue weighted by atomic mass is 9.91. The van der Waals surface area contributed by atoms with E-state index in [2.05, 4.69) is 4.98 Å². The molecule has 0 fully saturated rings. The van der Waals surface area contributed by atoms with Crippen molar-refractivity contribution in [1.82, 2.24) is 18.7 Å². The van der Waals surface area contributed by atoms with Crippen molar-refractivity contribution in [3.63, 3.8) is 0 Å². The zero-order chi connectivity index (χ0) is 26.5. The Hall–Kier alpha value is -4.49. The van der Waals surface area contributed by atoms with E-state index in [0.717, 1.165) is 10.6 Å². The number of aliphatic hydroxyl groups excluding tert-OH is 2. The lowest BCUT2D eigenvalue weighted by molar-refractivity contribution is -0.0711. The molecule has 0 spiro atoms. The van der Waals surface area contributed by atoms with Crippen molar-refractivity contribution >= 4 is 11.2 Å². The van der Waals surface area contributed by atoms with Crippen molar-refractivity contribution in [3.05, 3.63) is 68.6 Å². The number of fused-ring (bicyclic) bond motifs is 2. The number of nitrogens with zero attached hydrogens (tertiary/aromatic N) is 4. The summed E-state index contributed by atoms with van der Waals surface area (Å²) in [5.41, 5.74) is 0.472. The van der Waals surface area contributed by atoms with E-state index in [0.29, 0.717) is 16.7 Å². The fourth-order valence-electron chi connectivity index (χ4n) is 3.99. The normalized spacial score (nSPS) is 18.8. The van der Waals surface area contributed by atoms with Gasteiger partial charge in [0.2, 0.25) is 0 Å². The highest BCUT2D eigenvalue weighted by molar-refractivity contribution is 5.69. The van der Waals surface area contributed by atoms with E-state index < -0.39 is 29.8 Å². The fourth-order valence-corrected chi connectivity index (χ4v) is 3.99. The van der Waals surface area contributed by atoms with E-state index in [9.17, 15) is 40.2 Å². The minimum Gasteiger partial charge on any atom is -0.508 e. The van der Waals surface area contributed by atoms with Crippen LogP contribution in [0.1, 0.15) is 23.3 Å². The monoisotopic (exact) mass is 500 g/mol. The number of ether oxygens (including phenoxy) is 1. The van der Waals surface area contributed by atoms with E-state index in [1.165, 1.54) is 42.2 Å². The summed E-state index contributed by atoms with van der Waals surface area (Å²) in [6, 6.07) is 6.08. The minimum atomic E-state index is -1.44. The van der Waals surface area contributed by atoms with Gasteiger partial charge in [0.15, 0.2) is 28.8 Å². The van der Waals surface area contributed by atoms with E-state index in [1.54, 1.807) is 18.7 Å². The first-order chi connectivity index (χ1) is 16.9. The van der Waals surface area contributed by atoms with Gasteiger partial charge >= 0.3 is 5.69 Å². The third kappa shape index (κ3) is 3.99. The predicted molar refractivity (Wildman–Crippen MR) is 125 cm³/mol. The highest BCUT2D eigenvalue weighted by atomic mass is 16.5. The first-order valence-corrected chi connectivity index (χ1v) is 10.6. The van der Waals surface area contributed by atoms with E-state index in [1.807, 2.05) is 0 Å². The van der Waals surface area contributed by atoms with Gasteiger partial charge in [-0.05, 0) is 17.7 Å². The predicted octanol–water partition coefficient (Wildman–Crippen LogP) is 0.00770. The lowest BCUT2D eigenvalue weighted by Crippen LogP contribution is -2.37. The van der Waals surface area contributed by atoms with Crippen LogP contribution in [0.2, 0.25) is 0 Å². The van der Waals surface area contributed by atoms with Crippen molar-refractivity contribution < 1.29 is 35.4 Å². The van der Waals surface area contributed by atoms with Crippen LogP contribution in [0.3, 0.4) is 0 Å². The van der Waals surface area contributed by atoms with Crippen LogP contribution in [0, 0.1) is 0 Å². The van der Waals surface area contributed by atoms with Crippen molar-refractivity contribution in [3.8, 4) is 28.7 Å². The molecule has 3 heterocycles. The Morgan fingerprint density at radius 2 is 1.58 bits per heavy atom. The van der Waals surface area contributed by atoms with Gasteiger partial charge in [0.1, 0.15) is 29.5 Å². The number of phenolic OH excluding ortho intramolecular Hbond substituents is 4. The average molecular weight is 500 g/mol. The number of imidazole rings is 1. The van der Waals surface area contributed by atoms with Gasteiger partial charge in [0.25, 0.3) is 5.56 Å². The van der Waals surface area contributed by atoms with Gasteiger partial charge in [0.05, 0.1) is 11.9 Å². The molecule has 4 aromatic rings. The molecule has 1 aliphatic heterocycles. The second-order valence-electron chi connectivity index (χ2n) is 8.33. The van der Waals surface area contributed by atoms with Crippen LogP contribution in [0.5, 0.6) is 28.7 Å². The number of phenols is 4. The maximum absolute atomic E-state index is 11.7. The summed E-state index contributed by atoms with van der Waals surface area (Å²) in [5.74, 6) is -1.36. The van der Waals surface area contributed by atoms with E-state index in [4.69, 9.17) is 4.74 Å². The molecule has 3 unspecified atom stereocenters. The van der Waals surface area contributed by atoms with Gasteiger partial charge in [-0.1, -0.05) is 6.07 Å². The number of aromatic hydroxyl groups is 4. The summed E-state index contributed by atoms with van der Waals surface area (Å²) >= 11 is 0. The number of aromatic nitrogens is 4. The van der Waals surface area contributed by atoms with Crippen LogP contribution in [0.15, 0.2) is 46.2 Å². The molecule has 0 aliphatic carbocycles. The van der Waals surface area contributed by atoms with Crippen molar-refractivity contribution in [2.75, 3.05) is 0 Å². The SMILES string of the molecule is Cn1c(=O)c2c(ncn2C)n(C)c1=O.Oc1cc(O)c2c(c1)OC(c1ccc(O)c(O)c1)C(O)C2O. The highest BCUT2D eigenvalue weighted by Crippen LogP contribution is 2.47. The Kier molecular flexibility index (Phi) is 6.12. The first-order valence-electron chi connectivity index (χ1n) is 10.6. The molecular weight excluding hydrogens is 476 g/mol. The first kappa shape index (κ1) is 24.6. The third-order valence-electron chi connectivity index (χ3n) is 5.93. The second-order valence-corrected chi connectivity index (χ2v) is 8.33. The molecule has 13 heteroatoms. The van der Waals surface area contributed by atoms with Crippen LogP contribution in [-0.4, -0.2) is 55.4 Å². The standard InChI is InChI=1S/C15H14O7.C8H10N4O2/c16-7-4-10(19)12-11(5-7)22-15(14(21)13(12)20)6-1-2-8(17)9(18)3-6;1-10-4-9-6-5(10)7(13)12(3)8(14)11(6)2/h1-5,13-21H;4H,1-3H3. The summed E-state index contributed by atoms with van der Waals surface area (Å²) in [5, 5.41) is 58.5. The van der Waals surface area contributed by atoms with Gasteiger partial charge in [-0.2, -0.15) is 0 Å². The quantitative estimate of drug-likeness (QED) is 0.194. The van der Waals surface area contributed by atoms with E-state index in [-0.39, 0.29) is 34.1 Å². The molecule has 0 radical (unpaired) electrons. The van der Waals surface area contributed by atoms with Gasteiger partial charge in [0, 0.05) is 33.3 Å². The van der Waals surface area contributed by atoms with Gasteiger partial charge in [-0.3, -0.25) is 13.9 Å². The maximum Gasteiger partial charge on any atom is 0.332 e. The summed E-state index contributed by atoms with van der Waals surface area (Å²) in [6.45, 7) is 0. The summed E-state index contributed by atoms with van der Waals surface area (Å²) < 4.78 is 9.57. The van der Waals surface area contributed by atoms with Gasteiger partial charge in [-0.15, -0.1) is 0 Å². The van der Waals surface area contributed by atoms with Crippen LogP contribution < -0.4 is 16.0 Å². The number of rotatable bonds is 1. The minimum absolute atomic E-state index is 0.0212. The number of hydrogen-bond donors (Lipinski definition) is 6. The molecule has 2 aromatic heterocycles. The fraction of sp³-hybridized carbons (Fsp3) is 0.261. The Labute approximate surface area is 202 Å². The molecule has 36 heavy (non-hydrogen) atoms. The molecule has 0 saturated heterocycles. The molecule has 0 saturated carbocycles. The molecule has 190 valence electrons. The van der Waals surface area contributed by atoms with Crippen molar-refractivity contribution in [1.29, 1.82) is 0 Å².